The Morgan fingerprint density at radius 3 is 2.71 bits per heavy atom. The van der Waals surface area contributed by atoms with Gasteiger partial charge in [0.15, 0.2) is 5.65 Å². The van der Waals surface area contributed by atoms with E-state index in [9.17, 15) is 4.79 Å². The molecule has 31 heavy (non-hydrogen) atoms. The third-order valence-electron chi connectivity index (χ3n) is 5.83. The summed E-state index contributed by atoms with van der Waals surface area (Å²) in [5, 5.41) is 8.21. The lowest BCUT2D eigenvalue weighted by Gasteiger charge is -2.16. The number of amides is 1. The minimum atomic E-state index is -0.162. The van der Waals surface area contributed by atoms with Crippen molar-refractivity contribution in [1.82, 2.24) is 24.3 Å². The smallest absolute Gasteiger partial charge is 0.256 e. The molecule has 0 spiro atoms. The molecule has 3 aromatic heterocycles. The normalized spacial score (nSPS) is 13.5. The second-order valence-electron chi connectivity index (χ2n) is 8.44. The van der Waals surface area contributed by atoms with Crippen LogP contribution < -0.4 is 5.32 Å². The van der Waals surface area contributed by atoms with E-state index < -0.39 is 0 Å². The van der Waals surface area contributed by atoms with Gasteiger partial charge in [0.25, 0.3) is 5.91 Å². The van der Waals surface area contributed by atoms with Gasteiger partial charge in [-0.25, -0.2) is 14.6 Å². The second kappa shape index (κ2) is 7.65. The van der Waals surface area contributed by atoms with Crippen LogP contribution in [0.3, 0.4) is 0 Å². The van der Waals surface area contributed by atoms with Crippen molar-refractivity contribution in [3.8, 4) is 11.4 Å². The van der Waals surface area contributed by atoms with Gasteiger partial charge in [0, 0.05) is 41.4 Å². The molecule has 1 amide bonds. The van der Waals surface area contributed by atoms with E-state index in [4.69, 9.17) is 0 Å². The largest absolute Gasteiger partial charge is 0.328 e. The maximum absolute atomic E-state index is 13.1. The van der Waals surface area contributed by atoms with Gasteiger partial charge in [-0.05, 0) is 70.4 Å². The fourth-order valence-electron chi connectivity index (χ4n) is 4.28. The van der Waals surface area contributed by atoms with E-state index in [0.717, 1.165) is 46.8 Å². The summed E-state index contributed by atoms with van der Waals surface area (Å²) in [7, 11) is 0. The Labute approximate surface area is 181 Å². The first-order valence-electron chi connectivity index (χ1n) is 10.8. The number of aromatic nitrogens is 5. The van der Waals surface area contributed by atoms with E-state index in [1.54, 1.807) is 6.20 Å². The Morgan fingerprint density at radius 2 is 1.94 bits per heavy atom. The van der Waals surface area contributed by atoms with E-state index in [2.05, 4.69) is 38.8 Å². The molecule has 7 heteroatoms. The number of pyridine rings is 1. The van der Waals surface area contributed by atoms with Crippen molar-refractivity contribution in [2.45, 2.75) is 52.6 Å². The van der Waals surface area contributed by atoms with Crippen molar-refractivity contribution in [2.24, 2.45) is 0 Å². The predicted octanol–water partition coefficient (Wildman–Crippen LogP) is 4.77. The fraction of sp³-hybridized carbons (Fsp3) is 0.333. The molecule has 1 aliphatic rings. The molecule has 0 fully saturated rings. The molecule has 0 aliphatic carbocycles. The zero-order valence-electron chi connectivity index (χ0n) is 18.1. The quantitative estimate of drug-likeness (QED) is 0.522. The molecule has 0 bridgehead atoms. The first kappa shape index (κ1) is 19.5. The average Bonchev–Trinajstić information content (AvgIpc) is 3.38. The number of benzene rings is 1. The van der Waals surface area contributed by atoms with Crippen LogP contribution in [-0.4, -0.2) is 30.2 Å². The first-order chi connectivity index (χ1) is 15.0. The molecule has 0 saturated carbocycles. The number of rotatable bonds is 4. The van der Waals surface area contributed by atoms with E-state index in [0.29, 0.717) is 5.56 Å². The number of aryl methyl sites for hydroxylation is 2. The molecule has 1 aliphatic heterocycles. The van der Waals surface area contributed by atoms with E-state index in [1.165, 1.54) is 18.5 Å². The van der Waals surface area contributed by atoms with Crippen LogP contribution in [0, 0.1) is 6.92 Å². The zero-order valence-corrected chi connectivity index (χ0v) is 18.1. The van der Waals surface area contributed by atoms with E-state index in [1.807, 2.05) is 48.1 Å². The number of fused-ring (bicyclic) bond motifs is 2. The third kappa shape index (κ3) is 3.50. The van der Waals surface area contributed by atoms with Crippen LogP contribution >= 0.6 is 0 Å². The topological polar surface area (TPSA) is 77.6 Å². The Balaban J connectivity index is 1.41. The van der Waals surface area contributed by atoms with Crippen LogP contribution in [0.5, 0.6) is 0 Å². The Kier molecular flexibility index (Phi) is 4.81. The summed E-state index contributed by atoms with van der Waals surface area (Å²) in [5.41, 5.74) is 5.22. The lowest BCUT2D eigenvalue weighted by Crippen LogP contribution is -2.13. The van der Waals surface area contributed by atoms with Gasteiger partial charge in [0.05, 0.1) is 17.1 Å². The number of imidazole rings is 1. The molecular formula is C24H26N6O. The van der Waals surface area contributed by atoms with Crippen LogP contribution in [0.1, 0.15) is 54.5 Å². The zero-order chi connectivity index (χ0) is 21.5. The van der Waals surface area contributed by atoms with Gasteiger partial charge in [-0.2, -0.15) is 5.10 Å². The number of carbonyl (C=O) groups excluding carboxylic acids is 1. The van der Waals surface area contributed by atoms with Gasteiger partial charge < -0.3 is 9.88 Å². The minimum absolute atomic E-state index is 0.162. The number of anilines is 1. The molecule has 4 aromatic rings. The van der Waals surface area contributed by atoms with Gasteiger partial charge in [0.2, 0.25) is 0 Å². The molecule has 4 heterocycles. The van der Waals surface area contributed by atoms with Crippen molar-refractivity contribution in [2.75, 3.05) is 5.32 Å². The Hall–Kier alpha value is -3.48. The fourth-order valence-corrected chi connectivity index (χ4v) is 4.28. The number of hydrogen-bond donors (Lipinski definition) is 1. The van der Waals surface area contributed by atoms with Crippen LogP contribution in [-0.2, 0) is 13.0 Å². The lowest BCUT2D eigenvalue weighted by atomic mass is 10.1. The lowest BCUT2D eigenvalue weighted by molar-refractivity contribution is 0.102. The Morgan fingerprint density at radius 1 is 1.13 bits per heavy atom. The monoisotopic (exact) mass is 414 g/mol. The van der Waals surface area contributed by atoms with Crippen LogP contribution in [0.15, 0.2) is 42.7 Å². The molecule has 0 atom stereocenters. The predicted molar refractivity (Wildman–Crippen MR) is 121 cm³/mol. The third-order valence-corrected chi connectivity index (χ3v) is 5.83. The second-order valence-corrected chi connectivity index (χ2v) is 8.44. The van der Waals surface area contributed by atoms with Gasteiger partial charge >= 0.3 is 0 Å². The van der Waals surface area contributed by atoms with E-state index >= 15 is 0 Å². The molecule has 158 valence electrons. The standard InChI is InChI=1S/C24H26N6O/c1-15(2)30-23-21(14-26-30)20(12-16(3)27-23)24(31)28-18-9-7-17(8-10-18)22-25-13-19-6-4-5-11-29(19)22/h7-10,12-15H,4-6,11H2,1-3H3,(H,28,31). The maximum Gasteiger partial charge on any atom is 0.256 e. The van der Waals surface area contributed by atoms with Crippen LogP contribution in [0.4, 0.5) is 5.69 Å². The summed E-state index contributed by atoms with van der Waals surface area (Å²) in [4.78, 5) is 22.3. The number of hydrogen-bond acceptors (Lipinski definition) is 4. The van der Waals surface area contributed by atoms with E-state index in [-0.39, 0.29) is 11.9 Å². The molecule has 1 aromatic carbocycles. The summed E-state index contributed by atoms with van der Waals surface area (Å²) in [5.74, 6) is 0.838. The van der Waals surface area contributed by atoms with Crippen molar-refractivity contribution in [3.63, 3.8) is 0 Å². The highest BCUT2D eigenvalue weighted by Gasteiger charge is 2.18. The Bertz CT molecular complexity index is 1270. The summed E-state index contributed by atoms with van der Waals surface area (Å²) in [6.07, 6.45) is 7.22. The molecule has 0 radical (unpaired) electrons. The highest BCUT2D eigenvalue weighted by molar-refractivity contribution is 6.12. The molecular weight excluding hydrogens is 388 g/mol. The highest BCUT2D eigenvalue weighted by atomic mass is 16.1. The molecule has 0 unspecified atom stereocenters. The number of nitrogens with one attached hydrogen (secondary N) is 1. The minimum Gasteiger partial charge on any atom is -0.328 e. The number of carbonyl (C=O) groups is 1. The van der Waals surface area contributed by atoms with Crippen molar-refractivity contribution < 1.29 is 4.79 Å². The van der Waals surface area contributed by atoms with Crippen molar-refractivity contribution >= 4 is 22.6 Å². The summed E-state index contributed by atoms with van der Waals surface area (Å²) < 4.78 is 4.15. The maximum atomic E-state index is 13.1. The summed E-state index contributed by atoms with van der Waals surface area (Å²) in [6, 6.07) is 9.88. The molecule has 1 N–H and O–H groups in total. The van der Waals surface area contributed by atoms with Gasteiger partial charge in [0.1, 0.15) is 5.82 Å². The first-order valence-corrected chi connectivity index (χ1v) is 10.8. The van der Waals surface area contributed by atoms with Crippen LogP contribution in [0.2, 0.25) is 0 Å². The van der Waals surface area contributed by atoms with Crippen molar-refractivity contribution in [1.29, 1.82) is 0 Å². The van der Waals surface area contributed by atoms with Gasteiger partial charge in [-0.15, -0.1) is 0 Å². The SMILES string of the molecule is Cc1cc(C(=O)Nc2ccc(-c3ncc4n3CCCC4)cc2)c2cnn(C(C)C)c2n1. The molecule has 5 rings (SSSR count). The van der Waals surface area contributed by atoms with Gasteiger partial charge in [-0.3, -0.25) is 4.79 Å². The van der Waals surface area contributed by atoms with Crippen molar-refractivity contribution in [3.05, 3.63) is 59.7 Å². The van der Waals surface area contributed by atoms with Gasteiger partial charge in [-0.1, -0.05) is 0 Å². The molecule has 0 saturated heterocycles. The summed E-state index contributed by atoms with van der Waals surface area (Å²) >= 11 is 0. The molecule has 7 nitrogen and oxygen atoms in total. The number of nitrogens with zero attached hydrogens (tertiary/aromatic N) is 5. The average molecular weight is 415 g/mol. The van der Waals surface area contributed by atoms with Crippen LogP contribution in [0.25, 0.3) is 22.4 Å². The summed E-state index contributed by atoms with van der Waals surface area (Å²) in [6.45, 7) is 7.02. The highest BCUT2D eigenvalue weighted by Crippen LogP contribution is 2.26.